The number of nitrogens with one attached hydrogen (secondary N) is 1. The molecule has 2 aromatic heterocycles. The first-order valence-corrected chi connectivity index (χ1v) is 9.27. The summed E-state index contributed by atoms with van der Waals surface area (Å²) in [6, 6.07) is -0.304. The molecule has 2 aromatic rings. The van der Waals surface area contributed by atoms with Crippen molar-refractivity contribution in [2.24, 2.45) is 7.05 Å². The minimum atomic E-state index is -3.60. The minimum Gasteiger partial charge on any atom is -0.337 e. The van der Waals surface area contributed by atoms with Crippen molar-refractivity contribution in [3.05, 3.63) is 30.2 Å². The van der Waals surface area contributed by atoms with Gasteiger partial charge in [0.1, 0.15) is 11.6 Å². The highest BCUT2D eigenvalue weighted by Crippen LogP contribution is 2.29. The molecule has 23 heavy (non-hydrogen) atoms. The van der Waals surface area contributed by atoms with E-state index in [0.717, 1.165) is 31.0 Å². The van der Waals surface area contributed by atoms with E-state index in [-0.39, 0.29) is 6.04 Å². The van der Waals surface area contributed by atoms with Gasteiger partial charge in [-0.1, -0.05) is 0 Å². The van der Waals surface area contributed by atoms with Crippen molar-refractivity contribution in [2.45, 2.75) is 30.5 Å². The first-order valence-electron chi connectivity index (χ1n) is 7.83. The number of sulfonamides is 1. The van der Waals surface area contributed by atoms with E-state index in [2.05, 4.69) is 15.3 Å². The molecule has 8 nitrogen and oxygen atoms in total. The lowest BCUT2D eigenvalue weighted by Crippen LogP contribution is -2.49. The summed E-state index contributed by atoms with van der Waals surface area (Å²) in [5, 5.41) is 3.58. The van der Waals surface area contributed by atoms with Gasteiger partial charge in [0.05, 0.1) is 12.2 Å². The van der Waals surface area contributed by atoms with Gasteiger partial charge < -0.3 is 14.5 Å². The van der Waals surface area contributed by atoms with Gasteiger partial charge in [-0.2, -0.15) is 4.31 Å². The molecule has 4 rings (SSSR count). The van der Waals surface area contributed by atoms with E-state index in [1.54, 1.807) is 10.5 Å². The summed E-state index contributed by atoms with van der Waals surface area (Å²) < 4.78 is 31.7. The smallest absolute Gasteiger partial charge is 0.261 e. The van der Waals surface area contributed by atoms with Gasteiger partial charge in [-0.05, 0) is 6.42 Å². The lowest BCUT2D eigenvalue weighted by atomic mass is 10.2. The lowest BCUT2D eigenvalue weighted by molar-refractivity contribution is 0.257. The predicted molar refractivity (Wildman–Crippen MR) is 83.3 cm³/mol. The predicted octanol–water partition coefficient (Wildman–Crippen LogP) is -0.102. The fourth-order valence-corrected chi connectivity index (χ4v) is 5.18. The Hall–Kier alpha value is -1.71. The maximum absolute atomic E-state index is 13.2. The van der Waals surface area contributed by atoms with E-state index < -0.39 is 10.0 Å². The number of aromatic nitrogens is 4. The summed E-state index contributed by atoms with van der Waals surface area (Å²) in [7, 11) is -1.71. The Morgan fingerprint density at radius 1 is 1.30 bits per heavy atom. The highest BCUT2D eigenvalue weighted by atomic mass is 32.2. The third kappa shape index (κ3) is 2.30. The summed E-state index contributed by atoms with van der Waals surface area (Å²) in [5.41, 5.74) is 0. The molecular weight excluding hydrogens is 316 g/mol. The highest BCUT2D eigenvalue weighted by Gasteiger charge is 2.38. The Bertz CT molecular complexity index is 824. The minimum absolute atomic E-state index is 0.304. The van der Waals surface area contributed by atoms with Crippen molar-refractivity contribution < 1.29 is 8.42 Å². The number of fused-ring (bicyclic) bond motifs is 1. The van der Waals surface area contributed by atoms with Crippen LogP contribution in [0.2, 0.25) is 0 Å². The largest absolute Gasteiger partial charge is 0.337 e. The van der Waals surface area contributed by atoms with Gasteiger partial charge in [-0.15, -0.1) is 0 Å². The molecule has 4 heterocycles. The van der Waals surface area contributed by atoms with Gasteiger partial charge in [0, 0.05) is 52.0 Å². The third-order valence-corrected chi connectivity index (χ3v) is 6.52. The van der Waals surface area contributed by atoms with E-state index >= 15 is 0 Å². The van der Waals surface area contributed by atoms with Gasteiger partial charge in [-0.3, -0.25) is 0 Å². The van der Waals surface area contributed by atoms with Crippen molar-refractivity contribution in [3.8, 4) is 0 Å². The number of piperazine rings is 1. The zero-order valence-electron chi connectivity index (χ0n) is 13.0. The molecule has 0 aliphatic carbocycles. The van der Waals surface area contributed by atoms with Crippen molar-refractivity contribution in [1.29, 1.82) is 0 Å². The van der Waals surface area contributed by atoms with Gasteiger partial charge in [0.15, 0.2) is 5.03 Å². The molecule has 0 radical (unpaired) electrons. The number of aryl methyl sites for hydroxylation is 2. The molecule has 0 amide bonds. The summed E-state index contributed by atoms with van der Waals surface area (Å²) in [5.74, 6) is 1.62. The number of hydrogen-bond donors (Lipinski definition) is 1. The fraction of sp³-hybridized carbons (Fsp3) is 0.571. The molecule has 1 saturated heterocycles. The lowest BCUT2D eigenvalue weighted by Gasteiger charge is -2.34. The molecular formula is C14H20N6O2S. The Balaban J connectivity index is 1.75. The van der Waals surface area contributed by atoms with E-state index in [9.17, 15) is 8.42 Å². The third-order valence-electron chi connectivity index (χ3n) is 4.61. The fourth-order valence-electron chi connectivity index (χ4n) is 3.45. The first-order chi connectivity index (χ1) is 11.1. The summed E-state index contributed by atoms with van der Waals surface area (Å²) in [4.78, 5) is 8.64. The molecule has 2 aliphatic heterocycles. The molecule has 1 atom stereocenters. The Morgan fingerprint density at radius 3 is 2.96 bits per heavy atom. The van der Waals surface area contributed by atoms with Crippen LogP contribution in [0.4, 0.5) is 0 Å². The summed E-state index contributed by atoms with van der Waals surface area (Å²) in [6.45, 7) is 2.36. The second-order valence-electron chi connectivity index (χ2n) is 6.00. The molecule has 0 bridgehead atoms. The second kappa shape index (κ2) is 5.43. The van der Waals surface area contributed by atoms with Crippen molar-refractivity contribution >= 4 is 10.0 Å². The van der Waals surface area contributed by atoms with Crippen molar-refractivity contribution in [1.82, 2.24) is 28.7 Å². The summed E-state index contributed by atoms with van der Waals surface area (Å²) >= 11 is 0. The number of imidazole rings is 2. The van der Waals surface area contributed by atoms with E-state index in [1.165, 1.54) is 6.20 Å². The van der Waals surface area contributed by atoms with E-state index in [0.29, 0.717) is 24.7 Å². The maximum atomic E-state index is 13.2. The SMILES string of the molecule is Cn1ccnc1C1CNCCN1S(=O)(=O)c1cnc2n1CCC2. The van der Waals surface area contributed by atoms with Crippen LogP contribution < -0.4 is 5.32 Å². The molecule has 1 fully saturated rings. The van der Waals surface area contributed by atoms with Crippen LogP contribution in [0.1, 0.15) is 24.1 Å². The molecule has 1 unspecified atom stereocenters. The van der Waals surface area contributed by atoms with Gasteiger partial charge >= 0.3 is 0 Å². The van der Waals surface area contributed by atoms with Gasteiger partial charge in [0.2, 0.25) is 0 Å². The average Bonchev–Trinajstić information content (AvgIpc) is 3.22. The molecule has 0 saturated carbocycles. The van der Waals surface area contributed by atoms with Crippen LogP contribution in [0.5, 0.6) is 0 Å². The van der Waals surface area contributed by atoms with Crippen molar-refractivity contribution in [2.75, 3.05) is 19.6 Å². The zero-order valence-corrected chi connectivity index (χ0v) is 13.8. The van der Waals surface area contributed by atoms with E-state index in [4.69, 9.17) is 0 Å². The Labute approximate surface area is 135 Å². The average molecular weight is 336 g/mol. The normalized spacial score (nSPS) is 22.4. The second-order valence-corrected chi connectivity index (χ2v) is 7.84. The monoisotopic (exact) mass is 336 g/mol. The first kappa shape index (κ1) is 14.9. The van der Waals surface area contributed by atoms with Gasteiger partial charge in [-0.25, -0.2) is 18.4 Å². The number of hydrogen-bond acceptors (Lipinski definition) is 5. The van der Waals surface area contributed by atoms with Crippen LogP contribution in [0, 0.1) is 0 Å². The van der Waals surface area contributed by atoms with Gasteiger partial charge in [0.25, 0.3) is 10.0 Å². The van der Waals surface area contributed by atoms with Crippen LogP contribution in [-0.4, -0.2) is 51.5 Å². The topological polar surface area (TPSA) is 85.1 Å². The van der Waals surface area contributed by atoms with Crippen LogP contribution in [0.25, 0.3) is 0 Å². The molecule has 0 aromatic carbocycles. The molecule has 9 heteroatoms. The molecule has 1 N–H and O–H groups in total. The van der Waals surface area contributed by atoms with Crippen molar-refractivity contribution in [3.63, 3.8) is 0 Å². The number of nitrogens with zero attached hydrogens (tertiary/aromatic N) is 5. The highest BCUT2D eigenvalue weighted by molar-refractivity contribution is 7.89. The number of rotatable bonds is 3. The van der Waals surface area contributed by atoms with Crippen LogP contribution in [0.3, 0.4) is 0 Å². The standard InChI is InChI=1S/C14H20N6O2S/c1-18-7-5-16-14(18)11-9-15-4-8-20(11)23(21,22)13-10-17-12-3-2-6-19(12)13/h5,7,10-11,15H,2-4,6,8-9H2,1H3. The molecule has 0 spiro atoms. The zero-order chi connectivity index (χ0) is 16.0. The molecule has 124 valence electrons. The van der Waals surface area contributed by atoms with Crippen LogP contribution in [-0.2, 0) is 30.0 Å². The maximum Gasteiger partial charge on any atom is 0.261 e. The van der Waals surface area contributed by atoms with E-state index in [1.807, 2.05) is 22.4 Å². The quantitative estimate of drug-likeness (QED) is 0.846. The molecule has 2 aliphatic rings. The Morgan fingerprint density at radius 2 is 2.17 bits per heavy atom. The van der Waals surface area contributed by atoms with Crippen LogP contribution in [0.15, 0.2) is 23.6 Å². The van der Waals surface area contributed by atoms with Crippen LogP contribution >= 0.6 is 0 Å². The summed E-state index contributed by atoms with van der Waals surface area (Å²) in [6.07, 6.45) is 6.84. The Kier molecular flexibility index (Phi) is 3.51.